The van der Waals surface area contributed by atoms with Crippen molar-refractivity contribution in [2.24, 2.45) is 5.92 Å². The molecular weight excluding hydrogens is 320 g/mol. The number of aryl methyl sites for hydroxylation is 2. The fourth-order valence-electron chi connectivity index (χ4n) is 2.88. The molecule has 2 aliphatic heterocycles. The van der Waals surface area contributed by atoms with Crippen molar-refractivity contribution in [3.8, 4) is 0 Å². The molecular formula is C15H18N2O5S. The van der Waals surface area contributed by atoms with Crippen molar-refractivity contribution < 1.29 is 22.7 Å². The van der Waals surface area contributed by atoms with E-state index in [1.54, 1.807) is 19.1 Å². The second-order valence-electron chi connectivity index (χ2n) is 6.02. The summed E-state index contributed by atoms with van der Waals surface area (Å²) in [5, 5.41) is 0. The lowest BCUT2D eigenvalue weighted by molar-refractivity contribution is -0.126. The number of carbonyl (C=O) groups excluding carboxylic acids is 2. The maximum atomic E-state index is 12.6. The maximum Gasteiger partial charge on any atom is 0.417 e. The summed E-state index contributed by atoms with van der Waals surface area (Å²) in [5.41, 5.74) is 1.72. The Hall–Kier alpha value is -1.93. The Kier molecular flexibility index (Phi) is 3.89. The average molecular weight is 338 g/mol. The molecule has 2 amide bonds. The molecule has 0 radical (unpaired) electrons. The lowest BCUT2D eigenvalue weighted by Gasteiger charge is -2.39. The number of cyclic esters (lactones) is 1. The van der Waals surface area contributed by atoms with E-state index in [2.05, 4.69) is 4.74 Å². The molecule has 7 nitrogen and oxygen atoms in total. The Balaban J connectivity index is 1.66. The maximum absolute atomic E-state index is 12.6. The summed E-state index contributed by atoms with van der Waals surface area (Å²) in [7, 11) is -3.53. The first-order valence-corrected chi connectivity index (χ1v) is 8.77. The van der Waals surface area contributed by atoms with Gasteiger partial charge < -0.3 is 4.74 Å². The number of benzene rings is 1. The van der Waals surface area contributed by atoms with Gasteiger partial charge in [0.05, 0.1) is 4.90 Å². The Morgan fingerprint density at radius 3 is 2.48 bits per heavy atom. The minimum absolute atomic E-state index is 0.0508. The number of amides is 2. The van der Waals surface area contributed by atoms with Gasteiger partial charge in [0.2, 0.25) is 10.0 Å². The second-order valence-corrected chi connectivity index (χ2v) is 7.92. The summed E-state index contributed by atoms with van der Waals surface area (Å²) in [6.45, 7) is 4.26. The Morgan fingerprint density at radius 2 is 1.91 bits per heavy atom. The average Bonchev–Trinajstić information content (AvgIpc) is 2.72. The van der Waals surface area contributed by atoms with E-state index < -0.39 is 16.1 Å². The fraction of sp³-hybridized carbons (Fsp3) is 0.467. The zero-order valence-corrected chi connectivity index (χ0v) is 13.8. The van der Waals surface area contributed by atoms with Crippen molar-refractivity contribution in [2.75, 3.05) is 26.2 Å². The van der Waals surface area contributed by atoms with Gasteiger partial charge in [-0.1, -0.05) is 17.7 Å². The highest BCUT2D eigenvalue weighted by Gasteiger charge is 2.41. The summed E-state index contributed by atoms with van der Waals surface area (Å²) in [5.74, 6) is -0.421. The molecule has 8 heteroatoms. The zero-order valence-electron chi connectivity index (χ0n) is 13.0. The monoisotopic (exact) mass is 338 g/mol. The smallest absolute Gasteiger partial charge is 0.417 e. The molecule has 2 aliphatic rings. The van der Waals surface area contributed by atoms with Gasteiger partial charge >= 0.3 is 6.09 Å². The molecule has 3 rings (SSSR count). The van der Waals surface area contributed by atoms with Crippen molar-refractivity contribution >= 4 is 22.0 Å². The van der Waals surface area contributed by atoms with E-state index in [9.17, 15) is 18.0 Å². The molecule has 0 atom stereocenters. The summed E-state index contributed by atoms with van der Waals surface area (Å²) in [6, 6.07) is 5.23. The largest absolute Gasteiger partial charge is 0.439 e. The van der Waals surface area contributed by atoms with Crippen LogP contribution in [0.3, 0.4) is 0 Å². The van der Waals surface area contributed by atoms with Crippen LogP contribution in [0, 0.1) is 19.8 Å². The van der Waals surface area contributed by atoms with Gasteiger partial charge in [-0.3, -0.25) is 4.79 Å². The van der Waals surface area contributed by atoms with Crippen LogP contribution in [-0.2, 0) is 19.6 Å². The molecule has 2 heterocycles. The third kappa shape index (κ3) is 2.84. The van der Waals surface area contributed by atoms with E-state index in [0.717, 1.165) is 10.5 Å². The molecule has 0 unspecified atom stereocenters. The quantitative estimate of drug-likeness (QED) is 0.814. The van der Waals surface area contributed by atoms with E-state index in [4.69, 9.17) is 0 Å². The van der Waals surface area contributed by atoms with Gasteiger partial charge in [0, 0.05) is 25.6 Å². The van der Waals surface area contributed by atoms with Crippen LogP contribution < -0.4 is 0 Å². The Morgan fingerprint density at radius 1 is 1.22 bits per heavy atom. The van der Waals surface area contributed by atoms with E-state index in [1.807, 2.05) is 13.0 Å². The van der Waals surface area contributed by atoms with Crippen LogP contribution in [-0.4, -0.2) is 55.9 Å². The standard InChI is InChI=1S/C15H18N2O5S/c1-10-3-4-13(11(2)5-10)23(20,21)16-6-12(7-16)8-17-14(18)9-22-15(17)19/h3-5,12H,6-9H2,1-2H3. The van der Waals surface area contributed by atoms with Crippen LogP contribution in [0.1, 0.15) is 11.1 Å². The molecule has 1 aromatic rings. The van der Waals surface area contributed by atoms with Gasteiger partial charge in [0.25, 0.3) is 5.91 Å². The number of carbonyl (C=O) groups is 2. The fourth-order valence-corrected chi connectivity index (χ4v) is 4.68. The highest BCUT2D eigenvalue weighted by Crippen LogP contribution is 2.28. The van der Waals surface area contributed by atoms with Crippen LogP contribution in [0.2, 0.25) is 0 Å². The summed E-state index contributed by atoms with van der Waals surface area (Å²) in [6.07, 6.45) is -0.648. The minimum Gasteiger partial charge on any atom is -0.439 e. The topological polar surface area (TPSA) is 84.0 Å². The third-order valence-corrected chi connectivity index (χ3v) is 6.15. The highest BCUT2D eigenvalue weighted by molar-refractivity contribution is 7.89. The molecule has 2 saturated heterocycles. The van der Waals surface area contributed by atoms with E-state index in [-0.39, 0.29) is 25.0 Å². The lowest BCUT2D eigenvalue weighted by Crippen LogP contribution is -2.54. The summed E-state index contributed by atoms with van der Waals surface area (Å²) >= 11 is 0. The predicted molar refractivity (Wildman–Crippen MR) is 81.2 cm³/mol. The first-order chi connectivity index (χ1) is 10.8. The zero-order chi connectivity index (χ0) is 16.8. The van der Waals surface area contributed by atoms with Crippen molar-refractivity contribution in [1.29, 1.82) is 0 Å². The third-order valence-electron chi connectivity index (χ3n) is 4.15. The number of sulfonamides is 1. The normalized spacial score (nSPS) is 19.8. The van der Waals surface area contributed by atoms with Gasteiger partial charge in [-0.15, -0.1) is 0 Å². The Labute approximate surface area is 134 Å². The predicted octanol–water partition coefficient (Wildman–Crippen LogP) is 0.903. The number of hydrogen-bond acceptors (Lipinski definition) is 5. The number of rotatable bonds is 4. The number of hydrogen-bond donors (Lipinski definition) is 0. The van der Waals surface area contributed by atoms with Crippen LogP contribution in [0.4, 0.5) is 4.79 Å². The lowest BCUT2D eigenvalue weighted by atomic mass is 10.0. The minimum atomic E-state index is -3.53. The van der Waals surface area contributed by atoms with Crippen LogP contribution in [0.5, 0.6) is 0 Å². The molecule has 0 saturated carbocycles. The van der Waals surface area contributed by atoms with Crippen LogP contribution in [0.25, 0.3) is 0 Å². The van der Waals surface area contributed by atoms with Crippen molar-refractivity contribution in [1.82, 2.24) is 9.21 Å². The van der Waals surface area contributed by atoms with Crippen molar-refractivity contribution in [2.45, 2.75) is 18.7 Å². The van der Waals surface area contributed by atoms with Crippen LogP contribution in [0.15, 0.2) is 23.1 Å². The SMILES string of the molecule is Cc1ccc(S(=O)(=O)N2CC(CN3C(=O)COC3=O)C2)c(C)c1. The van der Waals surface area contributed by atoms with E-state index in [1.165, 1.54) is 4.31 Å². The molecule has 0 bridgehead atoms. The molecule has 124 valence electrons. The first-order valence-electron chi connectivity index (χ1n) is 7.33. The number of ether oxygens (including phenoxy) is 1. The molecule has 0 spiro atoms. The number of nitrogens with zero attached hydrogens (tertiary/aromatic N) is 2. The molecule has 2 fully saturated rings. The van der Waals surface area contributed by atoms with Gasteiger partial charge in [-0.05, 0) is 25.5 Å². The molecule has 0 aliphatic carbocycles. The van der Waals surface area contributed by atoms with Gasteiger partial charge in [-0.2, -0.15) is 4.31 Å². The van der Waals surface area contributed by atoms with E-state index in [0.29, 0.717) is 23.5 Å². The van der Waals surface area contributed by atoms with Gasteiger partial charge in [0.1, 0.15) is 0 Å². The number of imide groups is 1. The second kappa shape index (κ2) is 5.61. The highest BCUT2D eigenvalue weighted by atomic mass is 32.2. The molecule has 1 aromatic carbocycles. The molecule has 0 aromatic heterocycles. The first kappa shape index (κ1) is 15.9. The summed E-state index contributed by atoms with van der Waals surface area (Å²) < 4.78 is 31.2. The van der Waals surface area contributed by atoms with Crippen LogP contribution >= 0.6 is 0 Å². The van der Waals surface area contributed by atoms with Crippen molar-refractivity contribution in [3.63, 3.8) is 0 Å². The van der Waals surface area contributed by atoms with Gasteiger partial charge in [0.15, 0.2) is 6.61 Å². The molecule has 0 N–H and O–H groups in total. The summed E-state index contributed by atoms with van der Waals surface area (Å²) in [4.78, 5) is 24.2. The Bertz CT molecular complexity index is 752. The van der Waals surface area contributed by atoms with Crippen molar-refractivity contribution in [3.05, 3.63) is 29.3 Å². The van der Waals surface area contributed by atoms with E-state index >= 15 is 0 Å². The molecule has 23 heavy (non-hydrogen) atoms. The van der Waals surface area contributed by atoms with Gasteiger partial charge in [-0.25, -0.2) is 18.1 Å².